The van der Waals surface area contributed by atoms with Crippen LogP contribution < -0.4 is 11.1 Å². The predicted octanol–water partition coefficient (Wildman–Crippen LogP) is 2.39. The van der Waals surface area contributed by atoms with Gasteiger partial charge in [0, 0.05) is 0 Å². The molecule has 0 aliphatic heterocycles. The van der Waals surface area contributed by atoms with Gasteiger partial charge in [-0.1, -0.05) is 6.92 Å². The first-order chi connectivity index (χ1) is 7.79. The van der Waals surface area contributed by atoms with Crippen molar-refractivity contribution >= 4 is 0 Å². The van der Waals surface area contributed by atoms with Gasteiger partial charge in [-0.2, -0.15) is 0 Å². The molecular weight excluding hydrogens is 196 g/mol. The van der Waals surface area contributed by atoms with Crippen LogP contribution in [0.5, 0.6) is 0 Å². The summed E-state index contributed by atoms with van der Waals surface area (Å²) in [4.78, 5) is 0. The van der Waals surface area contributed by atoms with Crippen molar-refractivity contribution in [2.24, 2.45) is 29.4 Å². The van der Waals surface area contributed by atoms with Crippen LogP contribution in [0.15, 0.2) is 0 Å². The number of hydrogen-bond donors (Lipinski definition) is 2. The fourth-order valence-corrected chi connectivity index (χ4v) is 3.02. The van der Waals surface area contributed by atoms with Gasteiger partial charge in [0.1, 0.15) is 0 Å². The Morgan fingerprint density at radius 3 is 2.25 bits per heavy atom. The Hall–Kier alpha value is -0.0800. The van der Waals surface area contributed by atoms with Crippen molar-refractivity contribution in [3.05, 3.63) is 0 Å². The van der Waals surface area contributed by atoms with Crippen molar-refractivity contribution in [1.29, 1.82) is 0 Å². The van der Waals surface area contributed by atoms with E-state index < -0.39 is 0 Å². The molecule has 3 N–H and O–H groups in total. The monoisotopic (exact) mass is 224 g/mol. The van der Waals surface area contributed by atoms with Gasteiger partial charge in [-0.05, 0) is 81.8 Å². The van der Waals surface area contributed by atoms with E-state index in [1.807, 2.05) is 0 Å². The van der Waals surface area contributed by atoms with Gasteiger partial charge >= 0.3 is 0 Å². The van der Waals surface area contributed by atoms with Crippen LogP contribution in [0.4, 0.5) is 0 Å². The average molecular weight is 224 g/mol. The van der Waals surface area contributed by atoms with E-state index >= 15 is 0 Å². The molecule has 16 heavy (non-hydrogen) atoms. The minimum Gasteiger partial charge on any atom is -0.330 e. The molecule has 0 heterocycles. The van der Waals surface area contributed by atoms with Gasteiger partial charge < -0.3 is 11.1 Å². The number of nitrogens with one attached hydrogen (secondary N) is 1. The molecule has 0 radical (unpaired) electrons. The third-order valence-electron chi connectivity index (χ3n) is 4.63. The highest BCUT2D eigenvalue weighted by molar-refractivity contribution is 4.80. The van der Waals surface area contributed by atoms with E-state index in [2.05, 4.69) is 12.2 Å². The van der Waals surface area contributed by atoms with E-state index in [1.165, 1.54) is 51.6 Å². The van der Waals surface area contributed by atoms with Gasteiger partial charge in [0.15, 0.2) is 0 Å². The molecule has 0 saturated heterocycles. The highest BCUT2D eigenvalue weighted by Gasteiger charge is 2.27. The number of hydrogen-bond acceptors (Lipinski definition) is 2. The van der Waals surface area contributed by atoms with Crippen molar-refractivity contribution in [2.45, 2.75) is 45.4 Å². The molecule has 0 aromatic rings. The number of nitrogens with two attached hydrogens (primary N) is 1. The van der Waals surface area contributed by atoms with E-state index in [-0.39, 0.29) is 0 Å². The fourth-order valence-electron chi connectivity index (χ4n) is 3.02. The lowest BCUT2D eigenvalue weighted by atomic mass is 9.82. The zero-order valence-corrected chi connectivity index (χ0v) is 10.8. The molecule has 94 valence electrons. The van der Waals surface area contributed by atoms with E-state index in [0.717, 1.165) is 30.2 Å². The molecule has 2 nitrogen and oxygen atoms in total. The van der Waals surface area contributed by atoms with Crippen LogP contribution in [0.25, 0.3) is 0 Å². The Bertz CT molecular complexity index is 193. The van der Waals surface area contributed by atoms with Crippen molar-refractivity contribution in [3.63, 3.8) is 0 Å². The first-order valence-electron chi connectivity index (χ1n) is 7.20. The van der Waals surface area contributed by atoms with Crippen LogP contribution in [-0.2, 0) is 0 Å². The standard InChI is InChI=1S/C14H28N2/c1-11(14-6-7-14)9-16-10-13-4-2-12(8-15)3-5-13/h11-14,16H,2-10,15H2,1H3. The molecule has 2 aliphatic rings. The molecule has 2 fully saturated rings. The smallest absolute Gasteiger partial charge is 0.00204 e. The highest BCUT2D eigenvalue weighted by atomic mass is 14.9. The van der Waals surface area contributed by atoms with E-state index in [4.69, 9.17) is 5.73 Å². The predicted molar refractivity (Wildman–Crippen MR) is 69.3 cm³/mol. The zero-order valence-electron chi connectivity index (χ0n) is 10.8. The average Bonchev–Trinajstić information content (AvgIpc) is 3.14. The Labute approximate surface area is 100 Å². The van der Waals surface area contributed by atoms with Crippen LogP contribution in [0.1, 0.15) is 45.4 Å². The molecule has 1 atom stereocenters. The van der Waals surface area contributed by atoms with Crippen LogP contribution >= 0.6 is 0 Å². The second kappa shape index (κ2) is 6.02. The largest absolute Gasteiger partial charge is 0.330 e. The van der Waals surface area contributed by atoms with E-state index in [9.17, 15) is 0 Å². The summed E-state index contributed by atoms with van der Waals surface area (Å²) in [7, 11) is 0. The highest BCUT2D eigenvalue weighted by Crippen LogP contribution is 2.36. The normalized spacial score (nSPS) is 32.6. The lowest BCUT2D eigenvalue weighted by Gasteiger charge is -2.28. The molecule has 0 spiro atoms. The molecule has 1 unspecified atom stereocenters. The molecule has 2 heteroatoms. The lowest BCUT2D eigenvalue weighted by Crippen LogP contribution is -2.31. The van der Waals surface area contributed by atoms with Crippen molar-refractivity contribution in [3.8, 4) is 0 Å². The minimum atomic E-state index is 0.821. The third kappa shape index (κ3) is 3.74. The van der Waals surface area contributed by atoms with Crippen LogP contribution in [-0.4, -0.2) is 19.6 Å². The second-order valence-corrected chi connectivity index (χ2v) is 6.10. The topological polar surface area (TPSA) is 38.0 Å². The van der Waals surface area contributed by atoms with Gasteiger partial charge in [-0.25, -0.2) is 0 Å². The van der Waals surface area contributed by atoms with Gasteiger partial charge in [0.2, 0.25) is 0 Å². The molecule has 0 aromatic carbocycles. The van der Waals surface area contributed by atoms with Gasteiger partial charge in [0.05, 0.1) is 0 Å². The summed E-state index contributed by atoms with van der Waals surface area (Å²) in [5.74, 6) is 3.69. The molecule has 0 aromatic heterocycles. The van der Waals surface area contributed by atoms with E-state index in [1.54, 1.807) is 0 Å². The van der Waals surface area contributed by atoms with Crippen LogP contribution in [0.3, 0.4) is 0 Å². The summed E-state index contributed by atoms with van der Waals surface area (Å²) in [5, 5.41) is 3.68. The third-order valence-corrected chi connectivity index (χ3v) is 4.63. The van der Waals surface area contributed by atoms with Crippen LogP contribution in [0.2, 0.25) is 0 Å². The summed E-state index contributed by atoms with van der Waals surface area (Å²) in [6.07, 6.45) is 8.47. The fraction of sp³-hybridized carbons (Fsp3) is 1.00. The summed E-state index contributed by atoms with van der Waals surface area (Å²) >= 11 is 0. The molecule has 0 bridgehead atoms. The van der Waals surface area contributed by atoms with E-state index in [0.29, 0.717) is 0 Å². The first-order valence-corrected chi connectivity index (χ1v) is 7.20. The van der Waals surface area contributed by atoms with Gasteiger partial charge in [-0.3, -0.25) is 0 Å². The molecule has 2 rings (SSSR count). The maximum Gasteiger partial charge on any atom is -0.00204 e. The Kier molecular flexibility index (Phi) is 4.66. The Morgan fingerprint density at radius 2 is 1.69 bits per heavy atom. The molecule has 2 aliphatic carbocycles. The van der Waals surface area contributed by atoms with Crippen molar-refractivity contribution < 1.29 is 0 Å². The first kappa shape index (κ1) is 12.4. The second-order valence-electron chi connectivity index (χ2n) is 6.10. The molecular formula is C14H28N2. The zero-order chi connectivity index (χ0) is 11.4. The maximum atomic E-state index is 5.71. The Balaban J connectivity index is 1.53. The van der Waals surface area contributed by atoms with Crippen molar-refractivity contribution in [2.75, 3.05) is 19.6 Å². The summed E-state index contributed by atoms with van der Waals surface area (Å²) < 4.78 is 0. The number of rotatable bonds is 6. The SMILES string of the molecule is CC(CNCC1CCC(CN)CC1)C1CC1. The minimum absolute atomic E-state index is 0.821. The molecule has 2 saturated carbocycles. The van der Waals surface area contributed by atoms with Crippen LogP contribution in [0, 0.1) is 23.7 Å². The van der Waals surface area contributed by atoms with Gasteiger partial charge in [-0.15, -0.1) is 0 Å². The Morgan fingerprint density at radius 1 is 1.06 bits per heavy atom. The molecule has 0 amide bonds. The van der Waals surface area contributed by atoms with Crippen molar-refractivity contribution in [1.82, 2.24) is 5.32 Å². The maximum absolute atomic E-state index is 5.71. The summed E-state index contributed by atoms with van der Waals surface area (Å²) in [6, 6.07) is 0. The quantitative estimate of drug-likeness (QED) is 0.727. The summed E-state index contributed by atoms with van der Waals surface area (Å²) in [5.41, 5.74) is 5.71. The van der Waals surface area contributed by atoms with Gasteiger partial charge in [0.25, 0.3) is 0 Å². The summed E-state index contributed by atoms with van der Waals surface area (Å²) in [6.45, 7) is 5.78. The lowest BCUT2D eigenvalue weighted by molar-refractivity contribution is 0.268.